The normalized spacial score (nSPS) is 17.5. The van der Waals surface area contributed by atoms with Gasteiger partial charge in [-0.25, -0.2) is 8.42 Å². The molecule has 2 heterocycles. The minimum Gasteiger partial charge on any atom is -0.453 e. The topological polar surface area (TPSA) is 84.7 Å². The fourth-order valence-electron chi connectivity index (χ4n) is 3.11. The van der Waals surface area contributed by atoms with E-state index in [-0.39, 0.29) is 47.8 Å². The Hall–Kier alpha value is -2.15. The zero-order valence-electron chi connectivity index (χ0n) is 14.1. The number of benzene rings is 1. The van der Waals surface area contributed by atoms with Crippen molar-refractivity contribution in [1.29, 1.82) is 0 Å². The van der Waals surface area contributed by atoms with Crippen molar-refractivity contribution in [2.24, 2.45) is 0 Å². The molecule has 1 amide bonds. The molecule has 1 aromatic heterocycles. The molecule has 0 radical (unpaired) electrons. The van der Waals surface area contributed by atoms with Crippen LogP contribution in [-0.4, -0.2) is 49.6 Å². The van der Waals surface area contributed by atoms with E-state index in [1.807, 2.05) is 18.2 Å². The summed E-state index contributed by atoms with van der Waals surface area (Å²) >= 11 is 0. The van der Waals surface area contributed by atoms with E-state index >= 15 is 0 Å². The predicted molar refractivity (Wildman–Crippen MR) is 94.2 cm³/mol. The number of hydrogen-bond acceptors (Lipinski definition) is 5. The molecule has 7 heteroatoms. The number of amides is 1. The van der Waals surface area contributed by atoms with Crippen LogP contribution in [0.25, 0.3) is 11.0 Å². The summed E-state index contributed by atoms with van der Waals surface area (Å²) in [5.41, 5.74) is 0.651. The standard InChI is InChI=1S/C18H21NO5S/c1-19(14-8-10-25(22,23)11-9-14)18(21)7-6-15(20)17-12-13-4-2-3-5-16(13)24-17/h2-5,12,14H,6-11H2,1H3. The molecule has 0 unspecified atom stereocenters. The summed E-state index contributed by atoms with van der Waals surface area (Å²) in [6.07, 6.45) is 1.09. The number of sulfone groups is 1. The molecule has 2 aromatic rings. The number of Topliss-reactive ketones (excluding diaryl/α,β-unsaturated/α-hetero) is 1. The van der Waals surface area contributed by atoms with Gasteiger partial charge in [0.25, 0.3) is 0 Å². The fourth-order valence-corrected chi connectivity index (χ4v) is 4.57. The van der Waals surface area contributed by atoms with Crippen LogP contribution in [-0.2, 0) is 14.6 Å². The quantitative estimate of drug-likeness (QED) is 0.762. The van der Waals surface area contributed by atoms with E-state index in [0.29, 0.717) is 18.4 Å². The van der Waals surface area contributed by atoms with Crippen LogP contribution < -0.4 is 0 Å². The molecule has 1 aliphatic rings. The van der Waals surface area contributed by atoms with Crippen molar-refractivity contribution < 1.29 is 22.4 Å². The van der Waals surface area contributed by atoms with Gasteiger partial charge in [0, 0.05) is 31.3 Å². The second-order valence-electron chi connectivity index (χ2n) is 6.46. The maximum atomic E-state index is 12.3. The summed E-state index contributed by atoms with van der Waals surface area (Å²) in [5.74, 6) is 0.152. The van der Waals surface area contributed by atoms with E-state index in [2.05, 4.69) is 0 Å². The highest BCUT2D eigenvalue weighted by molar-refractivity contribution is 7.91. The molecular formula is C18H21NO5S. The summed E-state index contributed by atoms with van der Waals surface area (Å²) in [4.78, 5) is 26.1. The van der Waals surface area contributed by atoms with Gasteiger partial charge in [-0.3, -0.25) is 9.59 Å². The van der Waals surface area contributed by atoms with Crippen molar-refractivity contribution in [1.82, 2.24) is 4.90 Å². The van der Waals surface area contributed by atoms with Crippen LogP contribution in [0.3, 0.4) is 0 Å². The lowest BCUT2D eigenvalue weighted by atomic mass is 10.1. The molecule has 25 heavy (non-hydrogen) atoms. The van der Waals surface area contributed by atoms with Gasteiger partial charge in [0.2, 0.25) is 5.91 Å². The first-order valence-electron chi connectivity index (χ1n) is 8.33. The van der Waals surface area contributed by atoms with Crippen molar-refractivity contribution in [3.8, 4) is 0 Å². The first kappa shape index (κ1) is 17.7. The minimum atomic E-state index is -2.95. The van der Waals surface area contributed by atoms with Gasteiger partial charge in [-0.1, -0.05) is 18.2 Å². The van der Waals surface area contributed by atoms with Crippen molar-refractivity contribution >= 4 is 32.5 Å². The Morgan fingerprint density at radius 1 is 1.16 bits per heavy atom. The second kappa shape index (κ2) is 7.00. The zero-order valence-corrected chi connectivity index (χ0v) is 14.9. The van der Waals surface area contributed by atoms with E-state index < -0.39 is 9.84 Å². The van der Waals surface area contributed by atoms with Crippen molar-refractivity contribution in [2.75, 3.05) is 18.6 Å². The number of para-hydroxylation sites is 1. The molecule has 0 aliphatic carbocycles. The number of nitrogens with zero attached hydrogens (tertiary/aromatic N) is 1. The van der Waals surface area contributed by atoms with Gasteiger partial charge in [0.05, 0.1) is 11.5 Å². The Balaban J connectivity index is 1.55. The fraction of sp³-hybridized carbons (Fsp3) is 0.444. The van der Waals surface area contributed by atoms with Crippen LogP contribution in [0.5, 0.6) is 0 Å². The molecule has 1 saturated heterocycles. The third kappa shape index (κ3) is 4.10. The van der Waals surface area contributed by atoms with Gasteiger partial charge in [-0.15, -0.1) is 0 Å². The molecule has 134 valence electrons. The molecule has 1 aliphatic heterocycles. The Bertz CT molecular complexity index is 852. The number of fused-ring (bicyclic) bond motifs is 1. The lowest BCUT2D eigenvalue weighted by Gasteiger charge is -2.31. The minimum absolute atomic E-state index is 0.0719. The van der Waals surface area contributed by atoms with Crippen LogP contribution in [0.15, 0.2) is 34.7 Å². The summed E-state index contributed by atoms with van der Waals surface area (Å²) in [7, 11) is -1.28. The van der Waals surface area contributed by atoms with Crippen molar-refractivity contribution in [3.63, 3.8) is 0 Å². The SMILES string of the molecule is CN(C(=O)CCC(=O)c1cc2ccccc2o1)C1CCS(=O)(=O)CC1. The lowest BCUT2D eigenvalue weighted by molar-refractivity contribution is -0.132. The number of rotatable bonds is 5. The van der Waals surface area contributed by atoms with Gasteiger partial charge in [-0.2, -0.15) is 0 Å². The van der Waals surface area contributed by atoms with Crippen LogP contribution in [0.4, 0.5) is 0 Å². The molecule has 0 N–H and O–H groups in total. The summed E-state index contributed by atoms with van der Waals surface area (Å²) in [6, 6.07) is 8.99. The summed E-state index contributed by atoms with van der Waals surface area (Å²) in [6.45, 7) is 0. The smallest absolute Gasteiger partial charge is 0.223 e. The molecular weight excluding hydrogens is 342 g/mol. The Morgan fingerprint density at radius 2 is 1.84 bits per heavy atom. The summed E-state index contributed by atoms with van der Waals surface area (Å²) < 4.78 is 28.5. The van der Waals surface area contributed by atoms with Gasteiger partial charge in [0.15, 0.2) is 11.5 Å². The number of carbonyl (C=O) groups is 2. The Morgan fingerprint density at radius 3 is 2.52 bits per heavy atom. The molecule has 3 rings (SSSR count). The molecule has 6 nitrogen and oxygen atoms in total. The maximum Gasteiger partial charge on any atom is 0.223 e. The van der Waals surface area contributed by atoms with Crippen LogP contribution in [0.2, 0.25) is 0 Å². The molecule has 1 fully saturated rings. The monoisotopic (exact) mass is 363 g/mol. The van der Waals surface area contributed by atoms with Gasteiger partial charge in [-0.05, 0) is 25.0 Å². The van der Waals surface area contributed by atoms with Gasteiger partial charge in [0.1, 0.15) is 15.4 Å². The van der Waals surface area contributed by atoms with E-state index in [1.54, 1.807) is 24.1 Å². The lowest BCUT2D eigenvalue weighted by Crippen LogP contribution is -2.42. The third-order valence-electron chi connectivity index (χ3n) is 4.73. The van der Waals surface area contributed by atoms with Crippen molar-refractivity contribution in [3.05, 3.63) is 36.1 Å². The van der Waals surface area contributed by atoms with Crippen LogP contribution >= 0.6 is 0 Å². The highest BCUT2D eigenvalue weighted by Crippen LogP contribution is 2.21. The summed E-state index contributed by atoms with van der Waals surface area (Å²) in [5, 5.41) is 0.859. The molecule has 0 saturated carbocycles. The first-order chi connectivity index (χ1) is 11.9. The van der Waals surface area contributed by atoms with E-state index in [0.717, 1.165) is 5.39 Å². The van der Waals surface area contributed by atoms with Gasteiger partial charge >= 0.3 is 0 Å². The number of ketones is 1. The highest BCUT2D eigenvalue weighted by Gasteiger charge is 2.28. The third-order valence-corrected chi connectivity index (χ3v) is 6.45. The number of hydrogen-bond donors (Lipinski definition) is 0. The Kier molecular flexibility index (Phi) is 4.94. The van der Waals surface area contributed by atoms with Crippen LogP contribution in [0.1, 0.15) is 36.2 Å². The Labute approximate surface area is 146 Å². The average Bonchev–Trinajstić information content (AvgIpc) is 3.03. The second-order valence-corrected chi connectivity index (χ2v) is 8.76. The molecule has 0 spiro atoms. The van der Waals surface area contributed by atoms with E-state index in [4.69, 9.17) is 4.42 Å². The van der Waals surface area contributed by atoms with Crippen LogP contribution in [0, 0.1) is 0 Å². The molecule has 0 bridgehead atoms. The molecule has 1 aromatic carbocycles. The van der Waals surface area contributed by atoms with E-state index in [1.165, 1.54) is 0 Å². The maximum absolute atomic E-state index is 12.3. The predicted octanol–water partition coefficient (Wildman–Crippen LogP) is 2.43. The average molecular weight is 363 g/mol. The number of furan rings is 1. The van der Waals surface area contributed by atoms with Gasteiger partial charge < -0.3 is 9.32 Å². The first-order valence-corrected chi connectivity index (χ1v) is 10.2. The number of carbonyl (C=O) groups excluding carboxylic acids is 2. The zero-order chi connectivity index (χ0) is 18.0. The van der Waals surface area contributed by atoms with E-state index in [9.17, 15) is 18.0 Å². The molecule has 0 atom stereocenters. The highest BCUT2D eigenvalue weighted by atomic mass is 32.2. The largest absolute Gasteiger partial charge is 0.453 e. The van der Waals surface area contributed by atoms with Crippen molar-refractivity contribution in [2.45, 2.75) is 31.7 Å².